The third-order valence-corrected chi connectivity index (χ3v) is 4.49. The molecule has 0 unspecified atom stereocenters. The number of methoxy groups -OCH3 is 1. The highest BCUT2D eigenvalue weighted by molar-refractivity contribution is 5.81. The van der Waals surface area contributed by atoms with Gasteiger partial charge >= 0.3 is 6.09 Å². The van der Waals surface area contributed by atoms with Crippen LogP contribution in [0, 0.1) is 6.92 Å². The quantitative estimate of drug-likeness (QED) is 0.598. The predicted molar refractivity (Wildman–Crippen MR) is 109 cm³/mol. The fraction of sp³-hybridized carbons (Fsp3) is 0.273. The molecule has 3 aromatic rings. The summed E-state index contributed by atoms with van der Waals surface area (Å²) in [6.07, 6.45) is -0.451. The van der Waals surface area contributed by atoms with Gasteiger partial charge in [0.05, 0.1) is 12.5 Å². The molecule has 0 atom stereocenters. The van der Waals surface area contributed by atoms with Crippen LogP contribution in [0.5, 0.6) is 23.0 Å². The monoisotopic (exact) mass is 397 g/mol. The van der Waals surface area contributed by atoms with E-state index in [9.17, 15) is 9.59 Å². The van der Waals surface area contributed by atoms with E-state index in [-0.39, 0.29) is 11.2 Å². The van der Waals surface area contributed by atoms with Crippen LogP contribution in [0.25, 0.3) is 11.0 Å². The first-order chi connectivity index (χ1) is 14.0. The Hall–Kier alpha value is -3.48. The zero-order valence-electron chi connectivity index (χ0n) is 16.9. The van der Waals surface area contributed by atoms with E-state index < -0.39 is 6.09 Å². The number of fused-ring (bicyclic) bond motifs is 1. The molecule has 7 nitrogen and oxygen atoms in total. The van der Waals surface area contributed by atoms with Crippen molar-refractivity contribution in [2.75, 3.05) is 20.2 Å². The second kappa shape index (κ2) is 8.68. The van der Waals surface area contributed by atoms with Gasteiger partial charge in [-0.2, -0.15) is 0 Å². The summed E-state index contributed by atoms with van der Waals surface area (Å²) >= 11 is 0. The van der Waals surface area contributed by atoms with Crippen LogP contribution >= 0.6 is 0 Å². The maximum absolute atomic E-state index is 12.9. The Labute approximate surface area is 168 Å². The fourth-order valence-corrected chi connectivity index (χ4v) is 2.86. The van der Waals surface area contributed by atoms with Crippen molar-refractivity contribution in [1.82, 2.24) is 4.90 Å². The third kappa shape index (κ3) is 4.34. The molecular formula is C22H23NO6. The van der Waals surface area contributed by atoms with E-state index in [1.54, 1.807) is 55.3 Å². The van der Waals surface area contributed by atoms with Crippen molar-refractivity contribution >= 4 is 17.1 Å². The lowest BCUT2D eigenvalue weighted by Gasteiger charge is -2.17. The Morgan fingerprint density at radius 2 is 1.62 bits per heavy atom. The molecule has 0 aliphatic heterocycles. The van der Waals surface area contributed by atoms with Gasteiger partial charge in [-0.25, -0.2) is 4.79 Å². The Morgan fingerprint density at radius 1 is 1.00 bits per heavy atom. The zero-order valence-corrected chi connectivity index (χ0v) is 16.9. The van der Waals surface area contributed by atoms with Crippen molar-refractivity contribution < 1.29 is 23.4 Å². The van der Waals surface area contributed by atoms with Crippen molar-refractivity contribution in [3.8, 4) is 23.0 Å². The normalized spacial score (nSPS) is 10.6. The minimum absolute atomic E-state index is 0.107. The van der Waals surface area contributed by atoms with Crippen LogP contribution in [0.2, 0.25) is 0 Å². The van der Waals surface area contributed by atoms with Crippen LogP contribution < -0.4 is 19.6 Å². The van der Waals surface area contributed by atoms with Gasteiger partial charge in [0.25, 0.3) is 0 Å². The number of carbonyl (C=O) groups excluding carboxylic acids is 1. The molecule has 0 bridgehead atoms. The molecule has 3 rings (SSSR count). The summed E-state index contributed by atoms with van der Waals surface area (Å²) in [5.74, 6) is 1.92. The van der Waals surface area contributed by atoms with Gasteiger partial charge in [0.2, 0.25) is 11.2 Å². The first-order valence-electron chi connectivity index (χ1n) is 9.33. The smallest absolute Gasteiger partial charge is 0.415 e. The number of rotatable bonds is 6. The Bertz CT molecular complexity index is 1070. The SMILES string of the molecule is CCN(CC)C(=O)Oc1ccc2c(=O)c(Oc3ccc(OC)cc3)c(C)oc2c1. The molecule has 1 aromatic heterocycles. The lowest BCUT2D eigenvalue weighted by Crippen LogP contribution is -2.33. The van der Waals surface area contributed by atoms with Crippen molar-refractivity contribution in [1.29, 1.82) is 0 Å². The molecule has 1 heterocycles. The van der Waals surface area contributed by atoms with Crippen LogP contribution in [0.15, 0.2) is 51.7 Å². The van der Waals surface area contributed by atoms with Gasteiger partial charge < -0.3 is 23.5 Å². The molecule has 7 heteroatoms. The highest BCUT2D eigenvalue weighted by Crippen LogP contribution is 2.28. The van der Waals surface area contributed by atoms with Gasteiger partial charge in [-0.15, -0.1) is 0 Å². The molecule has 0 fully saturated rings. The van der Waals surface area contributed by atoms with Crippen molar-refractivity contribution in [2.45, 2.75) is 20.8 Å². The molecule has 0 aliphatic rings. The van der Waals surface area contributed by atoms with E-state index in [1.807, 2.05) is 13.8 Å². The second-order valence-corrected chi connectivity index (χ2v) is 6.29. The summed E-state index contributed by atoms with van der Waals surface area (Å²) in [5.41, 5.74) is 0.0145. The average Bonchev–Trinajstić information content (AvgIpc) is 2.72. The van der Waals surface area contributed by atoms with E-state index in [1.165, 1.54) is 6.07 Å². The molecule has 0 saturated carbocycles. The number of nitrogens with zero attached hydrogens (tertiary/aromatic N) is 1. The van der Waals surface area contributed by atoms with Crippen LogP contribution in [-0.4, -0.2) is 31.2 Å². The lowest BCUT2D eigenvalue weighted by atomic mass is 10.2. The van der Waals surface area contributed by atoms with Gasteiger partial charge in [0.1, 0.15) is 28.6 Å². The van der Waals surface area contributed by atoms with E-state index in [0.29, 0.717) is 47.1 Å². The lowest BCUT2D eigenvalue weighted by molar-refractivity contribution is 0.157. The van der Waals surface area contributed by atoms with Crippen molar-refractivity contribution in [3.05, 3.63) is 58.4 Å². The minimum Gasteiger partial charge on any atom is -0.497 e. The summed E-state index contributed by atoms with van der Waals surface area (Å²) < 4.78 is 22.0. The van der Waals surface area contributed by atoms with Gasteiger partial charge in [0, 0.05) is 19.2 Å². The first kappa shape index (κ1) is 20.3. The molecule has 1 amide bonds. The molecular weight excluding hydrogens is 374 g/mol. The van der Waals surface area contributed by atoms with E-state index >= 15 is 0 Å². The summed E-state index contributed by atoms with van der Waals surface area (Å²) in [6, 6.07) is 11.5. The van der Waals surface area contributed by atoms with Gasteiger partial charge in [0.15, 0.2) is 0 Å². The van der Waals surface area contributed by atoms with Gasteiger partial charge in [-0.05, 0) is 57.2 Å². The molecule has 0 saturated heterocycles. The molecule has 29 heavy (non-hydrogen) atoms. The molecule has 0 N–H and O–H groups in total. The number of hydrogen-bond donors (Lipinski definition) is 0. The number of carbonyl (C=O) groups is 1. The zero-order chi connectivity index (χ0) is 21.0. The van der Waals surface area contributed by atoms with Crippen molar-refractivity contribution in [2.24, 2.45) is 0 Å². The Morgan fingerprint density at radius 3 is 2.24 bits per heavy atom. The highest BCUT2D eigenvalue weighted by Gasteiger charge is 2.17. The number of amides is 1. The molecule has 0 aliphatic carbocycles. The maximum atomic E-state index is 12.9. The first-order valence-corrected chi connectivity index (χ1v) is 9.33. The van der Waals surface area contributed by atoms with E-state index in [4.69, 9.17) is 18.6 Å². The topological polar surface area (TPSA) is 78.2 Å². The highest BCUT2D eigenvalue weighted by atomic mass is 16.6. The van der Waals surface area contributed by atoms with Crippen LogP contribution in [0.3, 0.4) is 0 Å². The standard InChI is InChI=1S/C22H23NO6/c1-5-23(6-2)22(25)29-17-11-12-18-19(13-17)27-14(3)21(20(18)24)28-16-9-7-15(26-4)8-10-16/h7-13H,5-6H2,1-4H3. The molecule has 0 spiro atoms. The third-order valence-electron chi connectivity index (χ3n) is 4.49. The van der Waals surface area contributed by atoms with Gasteiger partial charge in [-0.3, -0.25) is 4.79 Å². The summed E-state index contributed by atoms with van der Waals surface area (Å²) in [4.78, 5) is 26.6. The maximum Gasteiger partial charge on any atom is 0.415 e. The fourth-order valence-electron chi connectivity index (χ4n) is 2.86. The second-order valence-electron chi connectivity index (χ2n) is 6.29. The van der Waals surface area contributed by atoms with Crippen LogP contribution in [-0.2, 0) is 0 Å². The van der Waals surface area contributed by atoms with E-state index in [2.05, 4.69) is 0 Å². The molecule has 152 valence electrons. The Kier molecular flexibility index (Phi) is 6.07. The average molecular weight is 397 g/mol. The number of aryl methyl sites for hydroxylation is 1. The number of benzene rings is 2. The number of ether oxygens (including phenoxy) is 3. The summed E-state index contributed by atoms with van der Waals surface area (Å²) in [7, 11) is 1.57. The minimum atomic E-state index is -0.451. The van der Waals surface area contributed by atoms with Crippen LogP contribution in [0.1, 0.15) is 19.6 Å². The summed E-state index contributed by atoms with van der Waals surface area (Å²) in [6.45, 7) is 6.48. The molecule has 0 radical (unpaired) electrons. The largest absolute Gasteiger partial charge is 0.497 e. The Balaban J connectivity index is 1.91. The molecule has 2 aromatic carbocycles. The van der Waals surface area contributed by atoms with Crippen molar-refractivity contribution in [3.63, 3.8) is 0 Å². The van der Waals surface area contributed by atoms with Gasteiger partial charge in [-0.1, -0.05) is 0 Å². The van der Waals surface area contributed by atoms with E-state index in [0.717, 1.165) is 0 Å². The van der Waals surface area contributed by atoms with Crippen LogP contribution in [0.4, 0.5) is 4.79 Å². The summed E-state index contributed by atoms with van der Waals surface area (Å²) in [5, 5.41) is 0.335. The number of hydrogen-bond acceptors (Lipinski definition) is 6. The predicted octanol–water partition coefficient (Wildman–Crippen LogP) is 4.74.